The number of nitrogens with two attached hydrogens (primary N) is 1. The van der Waals surface area contributed by atoms with E-state index in [2.05, 4.69) is 10.2 Å². The SMILES string of the molecule is NC1(C(=O)NC2CN3CCC2CC3)CCCC1. The molecule has 1 atom stereocenters. The maximum atomic E-state index is 12.3. The molecule has 1 amide bonds. The zero-order chi connectivity index (χ0) is 11.9. The van der Waals surface area contributed by atoms with Crippen LogP contribution in [0.25, 0.3) is 0 Å². The Morgan fingerprint density at radius 1 is 1.24 bits per heavy atom. The topological polar surface area (TPSA) is 58.4 Å². The van der Waals surface area contributed by atoms with Gasteiger partial charge in [0.15, 0.2) is 0 Å². The molecule has 0 radical (unpaired) electrons. The maximum absolute atomic E-state index is 12.3. The summed E-state index contributed by atoms with van der Waals surface area (Å²) in [6.07, 6.45) is 6.40. The zero-order valence-electron chi connectivity index (χ0n) is 10.5. The van der Waals surface area contributed by atoms with E-state index in [1.54, 1.807) is 0 Å². The van der Waals surface area contributed by atoms with E-state index in [-0.39, 0.29) is 5.91 Å². The van der Waals surface area contributed by atoms with Gasteiger partial charge in [-0.1, -0.05) is 12.8 Å². The largest absolute Gasteiger partial charge is 0.350 e. The van der Waals surface area contributed by atoms with Gasteiger partial charge in [-0.05, 0) is 44.7 Å². The summed E-state index contributed by atoms with van der Waals surface area (Å²) in [7, 11) is 0. The van der Waals surface area contributed by atoms with Gasteiger partial charge in [0.1, 0.15) is 0 Å². The summed E-state index contributed by atoms with van der Waals surface area (Å²) in [4.78, 5) is 14.7. The molecule has 4 heteroatoms. The summed E-state index contributed by atoms with van der Waals surface area (Å²) >= 11 is 0. The zero-order valence-corrected chi connectivity index (χ0v) is 10.5. The number of rotatable bonds is 2. The van der Waals surface area contributed by atoms with Gasteiger partial charge in [-0.2, -0.15) is 0 Å². The van der Waals surface area contributed by atoms with Crippen molar-refractivity contribution in [3.8, 4) is 0 Å². The molecule has 1 aliphatic carbocycles. The van der Waals surface area contributed by atoms with Crippen molar-refractivity contribution in [3.05, 3.63) is 0 Å². The lowest BCUT2D eigenvalue weighted by molar-refractivity contribution is -0.128. The summed E-state index contributed by atoms with van der Waals surface area (Å²) in [6.45, 7) is 3.46. The van der Waals surface area contributed by atoms with Crippen LogP contribution in [0.3, 0.4) is 0 Å². The fraction of sp³-hybridized carbons (Fsp3) is 0.923. The van der Waals surface area contributed by atoms with Gasteiger partial charge >= 0.3 is 0 Å². The average molecular weight is 237 g/mol. The van der Waals surface area contributed by atoms with Crippen molar-refractivity contribution >= 4 is 5.91 Å². The van der Waals surface area contributed by atoms with Crippen LogP contribution in [-0.4, -0.2) is 42.0 Å². The van der Waals surface area contributed by atoms with Crippen LogP contribution in [0.4, 0.5) is 0 Å². The standard InChI is InChI=1S/C13H23N3O/c14-13(5-1-2-6-13)12(17)15-11-9-16-7-3-10(11)4-8-16/h10-11H,1-9,14H2,(H,15,17). The molecule has 0 spiro atoms. The van der Waals surface area contributed by atoms with Crippen LogP contribution < -0.4 is 11.1 Å². The number of carbonyl (C=O) groups excluding carboxylic acids is 1. The van der Waals surface area contributed by atoms with Crippen molar-refractivity contribution in [2.75, 3.05) is 19.6 Å². The number of hydrogen-bond acceptors (Lipinski definition) is 3. The molecule has 3 heterocycles. The molecule has 3 aliphatic heterocycles. The first kappa shape index (κ1) is 11.5. The lowest BCUT2D eigenvalue weighted by Gasteiger charge is -2.45. The first-order valence-corrected chi connectivity index (χ1v) is 7.00. The van der Waals surface area contributed by atoms with Crippen LogP contribution in [0.5, 0.6) is 0 Å². The van der Waals surface area contributed by atoms with Gasteiger partial charge in [0.05, 0.1) is 5.54 Å². The minimum Gasteiger partial charge on any atom is -0.350 e. The molecule has 2 bridgehead atoms. The minimum absolute atomic E-state index is 0.105. The van der Waals surface area contributed by atoms with E-state index in [0.717, 1.165) is 32.2 Å². The summed E-state index contributed by atoms with van der Waals surface area (Å²) in [5.41, 5.74) is 5.63. The molecule has 17 heavy (non-hydrogen) atoms. The molecule has 4 nitrogen and oxygen atoms in total. The molecule has 0 aromatic heterocycles. The molecule has 1 unspecified atom stereocenters. The van der Waals surface area contributed by atoms with Gasteiger partial charge < -0.3 is 16.0 Å². The molecule has 4 fully saturated rings. The Morgan fingerprint density at radius 2 is 1.88 bits per heavy atom. The van der Waals surface area contributed by atoms with Crippen LogP contribution in [0.1, 0.15) is 38.5 Å². The minimum atomic E-state index is -0.563. The molecule has 3 N–H and O–H groups in total. The van der Waals surface area contributed by atoms with E-state index >= 15 is 0 Å². The predicted molar refractivity (Wildman–Crippen MR) is 66.5 cm³/mol. The fourth-order valence-electron chi connectivity index (χ4n) is 3.67. The van der Waals surface area contributed by atoms with Crippen LogP contribution in [0.2, 0.25) is 0 Å². The van der Waals surface area contributed by atoms with E-state index in [4.69, 9.17) is 5.73 Å². The summed E-state index contributed by atoms with van der Waals surface area (Å²) in [6, 6.07) is 0.353. The quantitative estimate of drug-likeness (QED) is 0.734. The third kappa shape index (κ3) is 2.08. The molecule has 96 valence electrons. The van der Waals surface area contributed by atoms with Crippen LogP contribution >= 0.6 is 0 Å². The van der Waals surface area contributed by atoms with Crippen LogP contribution in [-0.2, 0) is 4.79 Å². The number of hydrogen-bond donors (Lipinski definition) is 2. The molecular formula is C13H23N3O. The highest BCUT2D eigenvalue weighted by molar-refractivity contribution is 5.86. The lowest BCUT2D eigenvalue weighted by Crippen LogP contribution is -2.62. The Bertz CT molecular complexity index is 304. The van der Waals surface area contributed by atoms with E-state index in [0.29, 0.717) is 12.0 Å². The number of amides is 1. The predicted octanol–water partition coefficient (Wildman–Crippen LogP) is 0.468. The smallest absolute Gasteiger partial charge is 0.240 e. The molecule has 4 aliphatic rings. The first-order chi connectivity index (χ1) is 8.17. The highest BCUT2D eigenvalue weighted by atomic mass is 16.2. The normalized spacial score (nSPS) is 39.2. The van der Waals surface area contributed by atoms with Gasteiger partial charge in [0, 0.05) is 12.6 Å². The van der Waals surface area contributed by atoms with Crippen molar-refractivity contribution in [2.24, 2.45) is 11.7 Å². The number of carbonyl (C=O) groups is 1. The Labute approximate surface area is 103 Å². The second-order valence-electron chi connectivity index (χ2n) is 6.08. The number of fused-ring (bicyclic) bond motifs is 3. The van der Waals surface area contributed by atoms with Crippen LogP contribution in [0.15, 0.2) is 0 Å². The monoisotopic (exact) mass is 237 g/mol. The van der Waals surface area contributed by atoms with Crippen molar-refractivity contribution in [1.82, 2.24) is 10.2 Å². The van der Waals surface area contributed by atoms with Crippen molar-refractivity contribution in [1.29, 1.82) is 0 Å². The summed E-state index contributed by atoms with van der Waals surface area (Å²) in [5, 5.41) is 3.23. The Hall–Kier alpha value is -0.610. The van der Waals surface area contributed by atoms with E-state index in [1.165, 1.54) is 25.9 Å². The fourth-order valence-corrected chi connectivity index (χ4v) is 3.67. The Morgan fingerprint density at radius 3 is 2.41 bits per heavy atom. The molecular weight excluding hydrogens is 214 g/mol. The first-order valence-electron chi connectivity index (χ1n) is 7.00. The van der Waals surface area contributed by atoms with Gasteiger partial charge in [-0.15, -0.1) is 0 Å². The molecule has 0 aromatic rings. The van der Waals surface area contributed by atoms with Gasteiger partial charge in [0.2, 0.25) is 5.91 Å². The third-order valence-corrected chi connectivity index (χ3v) is 4.92. The molecule has 3 saturated heterocycles. The maximum Gasteiger partial charge on any atom is 0.240 e. The second-order valence-corrected chi connectivity index (χ2v) is 6.08. The Balaban J connectivity index is 1.61. The number of piperidine rings is 3. The van der Waals surface area contributed by atoms with E-state index < -0.39 is 5.54 Å². The summed E-state index contributed by atoms with van der Waals surface area (Å²) in [5.74, 6) is 0.794. The van der Waals surface area contributed by atoms with Crippen LogP contribution in [0, 0.1) is 5.92 Å². The van der Waals surface area contributed by atoms with Gasteiger partial charge in [-0.3, -0.25) is 4.79 Å². The highest BCUT2D eigenvalue weighted by Gasteiger charge is 2.41. The number of nitrogens with zero attached hydrogens (tertiary/aromatic N) is 1. The highest BCUT2D eigenvalue weighted by Crippen LogP contribution is 2.30. The van der Waals surface area contributed by atoms with E-state index in [1.807, 2.05) is 0 Å². The molecule has 4 rings (SSSR count). The van der Waals surface area contributed by atoms with Gasteiger partial charge in [-0.25, -0.2) is 0 Å². The van der Waals surface area contributed by atoms with E-state index in [9.17, 15) is 4.79 Å². The molecule has 1 saturated carbocycles. The summed E-state index contributed by atoms with van der Waals surface area (Å²) < 4.78 is 0. The van der Waals surface area contributed by atoms with Crippen molar-refractivity contribution in [3.63, 3.8) is 0 Å². The second kappa shape index (κ2) is 4.25. The Kier molecular flexibility index (Phi) is 2.87. The third-order valence-electron chi connectivity index (χ3n) is 4.92. The molecule has 0 aromatic carbocycles. The lowest BCUT2D eigenvalue weighted by atomic mass is 9.83. The van der Waals surface area contributed by atoms with Crippen molar-refractivity contribution < 1.29 is 4.79 Å². The van der Waals surface area contributed by atoms with Crippen molar-refractivity contribution in [2.45, 2.75) is 50.1 Å². The van der Waals surface area contributed by atoms with Gasteiger partial charge in [0.25, 0.3) is 0 Å². The average Bonchev–Trinajstić information content (AvgIpc) is 2.79. The number of nitrogens with one attached hydrogen (secondary N) is 1.